The van der Waals surface area contributed by atoms with Crippen molar-refractivity contribution in [3.05, 3.63) is 10.6 Å². The van der Waals surface area contributed by atoms with Crippen LogP contribution in [0.2, 0.25) is 0 Å². The van der Waals surface area contributed by atoms with Crippen LogP contribution in [0.15, 0.2) is 9.26 Å². The normalized spacial score (nSPS) is 18.6. The quantitative estimate of drug-likeness (QED) is 0.835. The number of aromatic nitrogens is 2. The molecule has 0 amide bonds. The smallest absolute Gasteiger partial charge is 0.238 e. The summed E-state index contributed by atoms with van der Waals surface area (Å²) in [5.74, 6) is 1.65. The second-order valence-electron chi connectivity index (χ2n) is 4.00. The van der Waals surface area contributed by atoms with Crippen molar-refractivity contribution >= 4 is 15.9 Å². The second kappa shape index (κ2) is 4.91. The van der Waals surface area contributed by atoms with Gasteiger partial charge >= 0.3 is 0 Å². The Labute approximate surface area is 92.4 Å². The lowest BCUT2D eigenvalue weighted by Crippen LogP contribution is -2.07. The standard InChI is InChI=1S/C10H15BrN2O/c11-10-12-9(14-13-10)7-6-8-4-2-1-3-5-8/h8H,1-7H2. The maximum Gasteiger partial charge on any atom is 0.238 e. The maximum atomic E-state index is 5.05. The molecule has 1 aliphatic rings. The molecule has 0 N–H and O–H groups in total. The van der Waals surface area contributed by atoms with Crippen molar-refractivity contribution in [2.24, 2.45) is 5.92 Å². The van der Waals surface area contributed by atoms with Gasteiger partial charge in [0.2, 0.25) is 10.6 Å². The van der Waals surface area contributed by atoms with Crippen LogP contribution in [0.4, 0.5) is 0 Å². The van der Waals surface area contributed by atoms with Gasteiger partial charge < -0.3 is 4.52 Å². The van der Waals surface area contributed by atoms with Crippen LogP contribution < -0.4 is 0 Å². The van der Waals surface area contributed by atoms with Crippen LogP contribution in [0, 0.1) is 5.92 Å². The molecule has 2 rings (SSSR count). The first-order valence-electron chi connectivity index (χ1n) is 5.32. The zero-order valence-electron chi connectivity index (χ0n) is 8.21. The molecule has 1 fully saturated rings. The Morgan fingerprint density at radius 3 is 2.71 bits per heavy atom. The van der Waals surface area contributed by atoms with Crippen molar-refractivity contribution in [3.8, 4) is 0 Å². The Bertz CT molecular complexity index is 281. The zero-order valence-corrected chi connectivity index (χ0v) is 9.79. The third kappa shape index (κ3) is 2.80. The summed E-state index contributed by atoms with van der Waals surface area (Å²) in [4.78, 5) is 4.13. The summed E-state index contributed by atoms with van der Waals surface area (Å²) in [7, 11) is 0. The third-order valence-electron chi connectivity index (χ3n) is 2.93. The van der Waals surface area contributed by atoms with Crippen LogP contribution in [0.1, 0.15) is 44.4 Å². The highest BCUT2D eigenvalue weighted by Gasteiger charge is 2.14. The van der Waals surface area contributed by atoms with E-state index < -0.39 is 0 Å². The van der Waals surface area contributed by atoms with Gasteiger partial charge in [-0.25, -0.2) is 0 Å². The summed E-state index contributed by atoms with van der Waals surface area (Å²) in [6.07, 6.45) is 9.13. The Morgan fingerprint density at radius 1 is 1.29 bits per heavy atom. The highest BCUT2D eigenvalue weighted by atomic mass is 79.9. The van der Waals surface area contributed by atoms with Gasteiger partial charge in [0.1, 0.15) is 0 Å². The molecule has 0 unspecified atom stereocenters. The topological polar surface area (TPSA) is 38.9 Å². The van der Waals surface area contributed by atoms with Gasteiger partial charge in [0.05, 0.1) is 0 Å². The van der Waals surface area contributed by atoms with E-state index in [9.17, 15) is 0 Å². The van der Waals surface area contributed by atoms with E-state index in [0.717, 1.165) is 18.2 Å². The van der Waals surface area contributed by atoms with Crippen molar-refractivity contribution in [3.63, 3.8) is 0 Å². The molecule has 0 aromatic carbocycles. The number of nitrogens with zero attached hydrogens (tertiary/aromatic N) is 2. The zero-order chi connectivity index (χ0) is 9.80. The van der Waals surface area contributed by atoms with Gasteiger partial charge in [-0.1, -0.05) is 32.1 Å². The highest BCUT2D eigenvalue weighted by Crippen LogP contribution is 2.27. The molecule has 0 radical (unpaired) electrons. The largest absolute Gasteiger partial charge is 0.338 e. The van der Waals surface area contributed by atoms with Gasteiger partial charge in [0.25, 0.3) is 0 Å². The summed E-state index contributed by atoms with van der Waals surface area (Å²) >= 11 is 3.18. The summed E-state index contributed by atoms with van der Waals surface area (Å²) < 4.78 is 5.61. The SMILES string of the molecule is Brc1noc(CCC2CCCCC2)n1. The molecule has 0 spiro atoms. The summed E-state index contributed by atoms with van der Waals surface area (Å²) in [5, 5.41) is 3.71. The molecule has 1 heterocycles. The first-order chi connectivity index (χ1) is 6.84. The first kappa shape index (κ1) is 10.1. The minimum atomic E-state index is 0.566. The monoisotopic (exact) mass is 258 g/mol. The lowest BCUT2D eigenvalue weighted by molar-refractivity contribution is 0.314. The van der Waals surface area contributed by atoms with Crippen LogP contribution in [0.3, 0.4) is 0 Å². The van der Waals surface area contributed by atoms with E-state index in [1.54, 1.807) is 0 Å². The van der Waals surface area contributed by atoms with Crippen LogP contribution in [-0.2, 0) is 6.42 Å². The Balaban J connectivity index is 1.76. The minimum absolute atomic E-state index is 0.566. The molecular weight excluding hydrogens is 244 g/mol. The van der Waals surface area contributed by atoms with Crippen molar-refractivity contribution in [1.82, 2.24) is 10.1 Å². The van der Waals surface area contributed by atoms with E-state index in [2.05, 4.69) is 26.1 Å². The number of halogens is 1. The van der Waals surface area contributed by atoms with Crippen LogP contribution in [-0.4, -0.2) is 10.1 Å². The van der Waals surface area contributed by atoms with Gasteiger partial charge in [0.15, 0.2) is 0 Å². The highest BCUT2D eigenvalue weighted by molar-refractivity contribution is 9.10. The van der Waals surface area contributed by atoms with Gasteiger partial charge in [-0.15, -0.1) is 0 Å². The molecule has 1 aromatic rings. The average molecular weight is 259 g/mol. The molecule has 0 bridgehead atoms. The number of aryl methyl sites for hydroxylation is 1. The van der Waals surface area contributed by atoms with Crippen molar-refractivity contribution in [1.29, 1.82) is 0 Å². The predicted molar refractivity (Wildman–Crippen MR) is 56.9 cm³/mol. The van der Waals surface area contributed by atoms with Gasteiger partial charge in [-0.3, -0.25) is 0 Å². The fourth-order valence-electron chi connectivity index (χ4n) is 2.14. The summed E-state index contributed by atoms with van der Waals surface area (Å²) in [6, 6.07) is 0. The molecule has 3 nitrogen and oxygen atoms in total. The van der Waals surface area contributed by atoms with E-state index in [-0.39, 0.29) is 0 Å². The van der Waals surface area contributed by atoms with E-state index in [1.165, 1.54) is 38.5 Å². The van der Waals surface area contributed by atoms with E-state index >= 15 is 0 Å². The van der Waals surface area contributed by atoms with Crippen LogP contribution >= 0.6 is 15.9 Å². The molecule has 0 saturated heterocycles. The van der Waals surface area contributed by atoms with Gasteiger partial charge in [-0.2, -0.15) is 4.98 Å². The third-order valence-corrected chi connectivity index (χ3v) is 3.26. The number of hydrogen-bond donors (Lipinski definition) is 0. The fourth-order valence-corrected chi connectivity index (χ4v) is 2.41. The van der Waals surface area contributed by atoms with Crippen molar-refractivity contribution < 1.29 is 4.52 Å². The second-order valence-corrected chi connectivity index (χ2v) is 4.71. The Hall–Kier alpha value is -0.380. The molecule has 1 saturated carbocycles. The van der Waals surface area contributed by atoms with Crippen molar-refractivity contribution in [2.75, 3.05) is 0 Å². The lowest BCUT2D eigenvalue weighted by Gasteiger charge is -2.20. The van der Waals surface area contributed by atoms with Crippen molar-refractivity contribution in [2.45, 2.75) is 44.9 Å². The first-order valence-corrected chi connectivity index (χ1v) is 6.12. The van der Waals surface area contributed by atoms with E-state index in [4.69, 9.17) is 4.52 Å². The predicted octanol–water partition coefficient (Wildman–Crippen LogP) is 3.35. The number of rotatable bonds is 3. The average Bonchev–Trinajstić information content (AvgIpc) is 2.63. The van der Waals surface area contributed by atoms with Gasteiger partial charge in [-0.05, 0) is 33.4 Å². The molecule has 0 atom stereocenters. The maximum absolute atomic E-state index is 5.05. The van der Waals surface area contributed by atoms with E-state index in [1.807, 2.05) is 0 Å². The molecular formula is C10H15BrN2O. The summed E-state index contributed by atoms with van der Waals surface area (Å²) in [5.41, 5.74) is 0. The minimum Gasteiger partial charge on any atom is -0.338 e. The number of hydrogen-bond acceptors (Lipinski definition) is 3. The molecule has 14 heavy (non-hydrogen) atoms. The summed E-state index contributed by atoms with van der Waals surface area (Å²) in [6.45, 7) is 0. The Kier molecular flexibility index (Phi) is 3.56. The molecule has 78 valence electrons. The fraction of sp³-hybridized carbons (Fsp3) is 0.800. The molecule has 4 heteroatoms. The van der Waals surface area contributed by atoms with Gasteiger partial charge in [0, 0.05) is 6.42 Å². The van der Waals surface area contributed by atoms with Crippen LogP contribution in [0.5, 0.6) is 0 Å². The van der Waals surface area contributed by atoms with Crippen LogP contribution in [0.25, 0.3) is 0 Å². The molecule has 1 aliphatic carbocycles. The Morgan fingerprint density at radius 2 is 2.07 bits per heavy atom. The lowest BCUT2D eigenvalue weighted by atomic mass is 9.86. The molecule has 1 aromatic heterocycles. The van der Waals surface area contributed by atoms with E-state index in [0.29, 0.717) is 4.73 Å². The molecule has 0 aliphatic heterocycles.